The summed E-state index contributed by atoms with van der Waals surface area (Å²) in [5.41, 5.74) is -0.350. The van der Waals surface area contributed by atoms with Gasteiger partial charge in [-0.15, -0.1) is 0 Å². The van der Waals surface area contributed by atoms with Gasteiger partial charge < -0.3 is 15.2 Å². The van der Waals surface area contributed by atoms with Crippen molar-refractivity contribution in [3.05, 3.63) is 35.1 Å². The van der Waals surface area contributed by atoms with E-state index < -0.39 is 29.5 Å². The third-order valence-corrected chi connectivity index (χ3v) is 3.10. The fourth-order valence-electron chi connectivity index (χ4n) is 1.71. The second-order valence-corrected chi connectivity index (χ2v) is 5.10. The van der Waals surface area contributed by atoms with Crippen LogP contribution in [0.5, 0.6) is 0 Å². The highest BCUT2D eigenvalue weighted by atomic mass is 19.2. The van der Waals surface area contributed by atoms with E-state index in [4.69, 9.17) is 4.74 Å². The molecule has 1 saturated carbocycles. The van der Waals surface area contributed by atoms with E-state index in [0.29, 0.717) is 24.7 Å². The van der Waals surface area contributed by atoms with Gasteiger partial charge in [0, 0.05) is 18.7 Å². The first kappa shape index (κ1) is 15.8. The molecule has 1 aliphatic carbocycles. The van der Waals surface area contributed by atoms with Crippen LogP contribution in [0.2, 0.25) is 0 Å². The molecule has 0 spiro atoms. The van der Waals surface area contributed by atoms with Crippen LogP contribution in [-0.2, 0) is 4.74 Å². The topological polar surface area (TPSA) is 58.6 Å². The molecule has 0 bridgehead atoms. The summed E-state index contributed by atoms with van der Waals surface area (Å²) in [6.07, 6.45) is 1.35. The highest BCUT2D eigenvalue weighted by molar-refractivity contribution is 5.94. The molecule has 0 aromatic heterocycles. The van der Waals surface area contributed by atoms with Crippen LogP contribution in [0, 0.1) is 23.4 Å². The van der Waals surface area contributed by atoms with E-state index in [1.54, 1.807) is 0 Å². The number of nitrogens with one attached hydrogen (secondary N) is 1. The lowest BCUT2D eigenvalue weighted by molar-refractivity contribution is 0.0320. The van der Waals surface area contributed by atoms with Crippen molar-refractivity contribution in [1.82, 2.24) is 5.32 Å². The fraction of sp³-hybridized carbons (Fsp3) is 0.500. The van der Waals surface area contributed by atoms with Gasteiger partial charge in [-0.1, -0.05) is 0 Å². The number of carbonyl (C=O) groups excluding carboxylic acids is 1. The van der Waals surface area contributed by atoms with E-state index in [1.165, 1.54) is 0 Å². The quantitative estimate of drug-likeness (QED) is 0.753. The smallest absolute Gasteiger partial charge is 0.251 e. The molecule has 1 amide bonds. The Bertz CT molecular complexity index is 497. The molecule has 0 heterocycles. The Hall–Kier alpha value is -1.60. The normalized spacial score (nSPS) is 15.8. The summed E-state index contributed by atoms with van der Waals surface area (Å²) in [5.74, 6) is -4.73. The number of hydrogen-bond donors (Lipinski definition) is 2. The fourth-order valence-corrected chi connectivity index (χ4v) is 1.71. The van der Waals surface area contributed by atoms with E-state index in [1.807, 2.05) is 0 Å². The molecule has 0 saturated heterocycles. The highest BCUT2D eigenvalue weighted by Crippen LogP contribution is 2.28. The molecule has 4 nitrogen and oxygen atoms in total. The van der Waals surface area contributed by atoms with Gasteiger partial charge >= 0.3 is 0 Å². The molecule has 0 unspecified atom stereocenters. The monoisotopic (exact) mass is 303 g/mol. The van der Waals surface area contributed by atoms with Gasteiger partial charge in [-0.3, -0.25) is 4.79 Å². The number of halogens is 3. The molecule has 1 atom stereocenters. The summed E-state index contributed by atoms with van der Waals surface area (Å²) in [6.45, 7) is 0.534. The van der Waals surface area contributed by atoms with Crippen LogP contribution in [0.25, 0.3) is 0 Å². The van der Waals surface area contributed by atoms with Gasteiger partial charge in [-0.2, -0.15) is 0 Å². The van der Waals surface area contributed by atoms with Gasteiger partial charge in [0.2, 0.25) is 0 Å². The number of benzene rings is 1. The average molecular weight is 303 g/mol. The predicted molar refractivity (Wildman–Crippen MR) is 68.2 cm³/mol. The Balaban J connectivity index is 1.77. The minimum atomic E-state index is -1.62. The maximum absolute atomic E-state index is 13.0. The molecule has 1 fully saturated rings. The Labute approximate surface area is 119 Å². The van der Waals surface area contributed by atoms with Crippen molar-refractivity contribution in [3.63, 3.8) is 0 Å². The van der Waals surface area contributed by atoms with Crippen molar-refractivity contribution in [2.75, 3.05) is 19.8 Å². The Morgan fingerprint density at radius 3 is 2.52 bits per heavy atom. The zero-order valence-electron chi connectivity index (χ0n) is 11.2. The van der Waals surface area contributed by atoms with Crippen molar-refractivity contribution in [2.45, 2.75) is 18.9 Å². The molecule has 0 aliphatic heterocycles. The SMILES string of the molecule is O=C(NC[C@@H](O)COCC1CC1)c1cc(F)c(F)c(F)c1. The molecule has 21 heavy (non-hydrogen) atoms. The van der Waals surface area contributed by atoms with Crippen molar-refractivity contribution < 1.29 is 27.8 Å². The lowest BCUT2D eigenvalue weighted by atomic mass is 10.2. The molecule has 2 N–H and O–H groups in total. The third kappa shape index (κ3) is 4.71. The van der Waals surface area contributed by atoms with E-state index >= 15 is 0 Å². The van der Waals surface area contributed by atoms with Crippen LogP contribution >= 0.6 is 0 Å². The summed E-state index contributed by atoms with van der Waals surface area (Å²) in [7, 11) is 0. The van der Waals surface area contributed by atoms with Crippen molar-refractivity contribution in [1.29, 1.82) is 0 Å². The van der Waals surface area contributed by atoms with Crippen molar-refractivity contribution >= 4 is 5.91 Å². The van der Waals surface area contributed by atoms with Gasteiger partial charge in [0.25, 0.3) is 5.91 Å². The Kier molecular flexibility index (Phi) is 5.19. The maximum atomic E-state index is 13.0. The number of amides is 1. The number of carbonyl (C=O) groups is 1. The van der Waals surface area contributed by atoms with Crippen LogP contribution in [-0.4, -0.2) is 36.9 Å². The molecule has 116 valence electrons. The standard InChI is InChI=1S/C14H16F3NO3/c15-11-3-9(4-12(16)13(11)17)14(20)18-5-10(19)7-21-6-8-1-2-8/h3-4,8,10,19H,1-2,5-7H2,(H,18,20)/t10-/m1/s1. The zero-order valence-corrected chi connectivity index (χ0v) is 11.2. The van der Waals surface area contributed by atoms with Crippen LogP contribution in [0.1, 0.15) is 23.2 Å². The van der Waals surface area contributed by atoms with Crippen LogP contribution < -0.4 is 5.32 Å². The molecule has 1 aromatic rings. The predicted octanol–water partition coefficient (Wildman–Crippen LogP) is 1.62. The minimum absolute atomic E-state index is 0.0723. The second kappa shape index (κ2) is 6.91. The summed E-state index contributed by atoms with van der Waals surface area (Å²) in [5, 5.41) is 11.9. The molecule has 2 rings (SSSR count). The van der Waals surface area contributed by atoms with Gasteiger partial charge in [0.15, 0.2) is 17.5 Å². The van der Waals surface area contributed by atoms with Crippen LogP contribution in [0.15, 0.2) is 12.1 Å². The molecule has 1 aliphatic rings. The number of aliphatic hydroxyl groups excluding tert-OH is 1. The number of ether oxygens (including phenoxy) is 1. The summed E-state index contributed by atoms with van der Waals surface area (Å²) in [4.78, 5) is 11.6. The molecular formula is C14H16F3NO3. The molecule has 7 heteroatoms. The van der Waals surface area contributed by atoms with Gasteiger partial charge in [-0.25, -0.2) is 13.2 Å². The van der Waals surface area contributed by atoms with E-state index in [0.717, 1.165) is 12.8 Å². The first-order chi connectivity index (χ1) is 9.97. The van der Waals surface area contributed by atoms with Gasteiger partial charge in [0.1, 0.15) is 0 Å². The summed E-state index contributed by atoms with van der Waals surface area (Å²) < 4.78 is 44.0. The Morgan fingerprint density at radius 1 is 1.33 bits per heavy atom. The first-order valence-corrected chi connectivity index (χ1v) is 6.66. The van der Waals surface area contributed by atoms with Crippen molar-refractivity contribution in [3.8, 4) is 0 Å². The first-order valence-electron chi connectivity index (χ1n) is 6.66. The van der Waals surface area contributed by atoms with Crippen molar-refractivity contribution in [2.24, 2.45) is 5.92 Å². The number of aliphatic hydroxyl groups is 1. The zero-order chi connectivity index (χ0) is 15.4. The minimum Gasteiger partial charge on any atom is -0.389 e. The number of hydrogen-bond acceptors (Lipinski definition) is 3. The summed E-state index contributed by atoms with van der Waals surface area (Å²) in [6, 6.07) is 1.20. The lowest BCUT2D eigenvalue weighted by Gasteiger charge is -2.12. The molecular weight excluding hydrogens is 287 g/mol. The largest absolute Gasteiger partial charge is 0.389 e. The van der Waals surface area contributed by atoms with E-state index in [-0.39, 0.29) is 18.7 Å². The average Bonchev–Trinajstić information content (AvgIpc) is 3.25. The molecule has 1 aromatic carbocycles. The Morgan fingerprint density at radius 2 is 1.95 bits per heavy atom. The van der Waals surface area contributed by atoms with E-state index in [9.17, 15) is 23.1 Å². The molecule has 0 radical (unpaired) electrons. The second-order valence-electron chi connectivity index (χ2n) is 5.10. The van der Waals surface area contributed by atoms with Crippen LogP contribution in [0.3, 0.4) is 0 Å². The van der Waals surface area contributed by atoms with Gasteiger partial charge in [0.05, 0.1) is 12.7 Å². The third-order valence-electron chi connectivity index (χ3n) is 3.10. The van der Waals surface area contributed by atoms with Gasteiger partial charge in [-0.05, 0) is 30.9 Å². The lowest BCUT2D eigenvalue weighted by Crippen LogP contribution is -2.34. The maximum Gasteiger partial charge on any atom is 0.251 e. The summed E-state index contributed by atoms with van der Waals surface area (Å²) >= 11 is 0. The number of rotatable bonds is 7. The highest BCUT2D eigenvalue weighted by Gasteiger charge is 2.21. The van der Waals surface area contributed by atoms with Crippen LogP contribution in [0.4, 0.5) is 13.2 Å². The van der Waals surface area contributed by atoms with E-state index in [2.05, 4.69) is 5.32 Å².